The Hall–Kier alpha value is -1.78. The normalized spacial score (nSPS) is 17.3. The molecule has 0 unspecified atom stereocenters. The van der Waals surface area contributed by atoms with Gasteiger partial charge in [0.2, 0.25) is 0 Å². The third kappa shape index (κ3) is 1.62. The summed E-state index contributed by atoms with van der Waals surface area (Å²) < 4.78 is 18.7. The molecule has 0 atom stereocenters. The summed E-state index contributed by atoms with van der Waals surface area (Å²) in [5, 5.41) is 18.7. The van der Waals surface area contributed by atoms with Crippen molar-refractivity contribution in [1.29, 1.82) is 0 Å². The molecule has 0 aliphatic heterocycles. The number of hydrogen-bond donors (Lipinski definition) is 2. The molecule has 1 aromatic rings. The summed E-state index contributed by atoms with van der Waals surface area (Å²) in [5.74, 6) is -2.25. The van der Waals surface area contributed by atoms with E-state index in [1.54, 1.807) is 0 Å². The van der Waals surface area contributed by atoms with Gasteiger partial charge < -0.3 is 14.9 Å². The first-order valence-corrected chi connectivity index (χ1v) is 5.31. The van der Waals surface area contributed by atoms with E-state index in [1.165, 1.54) is 13.2 Å². The van der Waals surface area contributed by atoms with Crippen LogP contribution in [-0.4, -0.2) is 23.3 Å². The van der Waals surface area contributed by atoms with Crippen LogP contribution in [0.3, 0.4) is 0 Å². The fraction of sp³-hybridized carbons (Fsp3) is 0.417. The molecule has 1 aromatic carbocycles. The maximum atomic E-state index is 13.8. The van der Waals surface area contributed by atoms with Crippen molar-refractivity contribution in [3.05, 3.63) is 23.5 Å². The molecule has 17 heavy (non-hydrogen) atoms. The Bertz CT molecular complexity index is 466. The molecule has 5 heteroatoms. The van der Waals surface area contributed by atoms with Gasteiger partial charge in [0, 0.05) is 11.6 Å². The summed E-state index contributed by atoms with van der Waals surface area (Å²) in [4.78, 5) is 11.3. The second-order valence-corrected chi connectivity index (χ2v) is 4.25. The molecule has 0 amide bonds. The van der Waals surface area contributed by atoms with Crippen molar-refractivity contribution in [2.45, 2.75) is 24.7 Å². The number of aromatic hydroxyl groups is 1. The number of carboxylic acid groups (broad SMARTS) is 1. The van der Waals surface area contributed by atoms with Gasteiger partial charge in [0.25, 0.3) is 0 Å². The SMILES string of the molecule is COc1cc(O)c(F)c(C2(C(=O)O)CCC2)c1. The van der Waals surface area contributed by atoms with E-state index in [4.69, 9.17) is 4.74 Å². The van der Waals surface area contributed by atoms with Crippen molar-refractivity contribution >= 4 is 5.97 Å². The van der Waals surface area contributed by atoms with Crippen LogP contribution in [-0.2, 0) is 10.2 Å². The molecule has 0 aromatic heterocycles. The Labute approximate surface area is 97.6 Å². The molecule has 1 aliphatic rings. The Kier molecular flexibility index (Phi) is 2.69. The van der Waals surface area contributed by atoms with E-state index >= 15 is 0 Å². The number of benzene rings is 1. The Morgan fingerprint density at radius 3 is 2.53 bits per heavy atom. The minimum atomic E-state index is -1.21. The molecule has 2 rings (SSSR count). The van der Waals surface area contributed by atoms with Crippen molar-refractivity contribution in [3.63, 3.8) is 0 Å². The third-order valence-corrected chi connectivity index (χ3v) is 3.39. The lowest BCUT2D eigenvalue weighted by Gasteiger charge is -2.38. The van der Waals surface area contributed by atoms with Crippen molar-refractivity contribution < 1.29 is 24.1 Å². The summed E-state index contributed by atoms with van der Waals surface area (Å²) >= 11 is 0. The van der Waals surface area contributed by atoms with Crippen LogP contribution >= 0.6 is 0 Å². The smallest absolute Gasteiger partial charge is 0.314 e. The number of phenols is 1. The first-order valence-electron chi connectivity index (χ1n) is 5.31. The number of hydrogen-bond acceptors (Lipinski definition) is 3. The van der Waals surface area contributed by atoms with E-state index in [9.17, 15) is 19.4 Å². The van der Waals surface area contributed by atoms with Gasteiger partial charge in [-0.15, -0.1) is 0 Å². The molecule has 4 nitrogen and oxygen atoms in total. The average Bonchev–Trinajstić information content (AvgIpc) is 2.21. The highest BCUT2D eigenvalue weighted by Gasteiger charge is 2.48. The van der Waals surface area contributed by atoms with Gasteiger partial charge in [-0.25, -0.2) is 4.39 Å². The summed E-state index contributed by atoms with van der Waals surface area (Å²) in [6, 6.07) is 2.48. The number of carbonyl (C=O) groups is 1. The molecule has 0 bridgehead atoms. The van der Waals surface area contributed by atoms with Gasteiger partial charge >= 0.3 is 5.97 Å². The molecule has 1 fully saturated rings. The monoisotopic (exact) mass is 240 g/mol. The van der Waals surface area contributed by atoms with E-state index in [0.29, 0.717) is 12.8 Å². The fourth-order valence-corrected chi connectivity index (χ4v) is 2.18. The number of phenolic OH excluding ortho intramolecular Hbond substituents is 1. The van der Waals surface area contributed by atoms with Gasteiger partial charge in [-0.1, -0.05) is 6.42 Å². The number of halogens is 1. The Morgan fingerprint density at radius 2 is 2.12 bits per heavy atom. The minimum absolute atomic E-state index is 0.00750. The topological polar surface area (TPSA) is 66.8 Å². The standard InChI is InChI=1S/C12H13FO4/c1-17-7-5-8(10(13)9(14)6-7)12(11(15)16)3-2-4-12/h5-6,14H,2-4H2,1H3,(H,15,16). The number of aliphatic carboxylic acids is 1. The van der Waals surface area contributed by atoms with Gasteiger partial charge in [-0.3, -0.25) is 4.79 Å². The highest BCUT2D eigenvalue weighted by Crippen LogP contribution is 2.47. The first kappa shape index (κ1) is 11.7. The van der Waals surface area contributed by atoms with E-state index in [2.05, 4.69) is 0 Å². The minimum Gasteiger partial charge on any atom is -0.505 e. The fourth-order valence-electron chi connectivity index (χ4n) is 2.18. The van der Waals surface area contributed by atoms with E-state index in [1.807, 2.05) is 0 Å². The van der Waals surface area contributed by atoms with Crippen molar-refractivity contribution in [2.24, 2.45) is 0 Å². The number of carboxylic acids is 1. The highest BCUT2D eigenvalue weighted by molar-refractivity contribution is 5.83. The molecule has 0 saturated heterocycles. The quantitative estimate of drug-likeness (QED) is 0.848. The highest BCUT2D eigenvalue weighted by atomic mass is 19.1. The average molecular weight is 240 g/mol. The van der Waals surface area contributed by atoms with Crippen molar-refractivity contribution in [3.8, 4) is 11.5 Å². The maximum absolute atomic E-state index is 13.8. The van der Waals surface area contributed by atoms with Crippen LogP contribution in [0.4, 0.5) is 4.39 Å². The zero-order valence-corrected chi connectivity index (χ0v) is 9.36. The summed E-state index contributed by atoms with van der Waals surface area (Å²) in [6.07, 6.45) is 1.50. The van der Waals surface area contributed by atoms with Gasteiger partial charge in [-0.05, 0) is 18.9 Å². The number of rotatable bonds is 3. The van der Waals surface area contributed by atoms with E-state index < -0.39 is 23.0 Å². The van der Waals surface area contributed by atoms with Crippen LogP contribution in [0.25, 0.3) is 0 Å². The van der Waals surface area contributed by atoms with Crippen LogP contribution in [0, 0.1) is 5.82 Å². The molecular formula is C12H13FO4. The van der Waals surface area contributed by atoms with Gasteiger partial charge in [0.1, 0.15) is 5.75 Å². The molecule has 2 N–H and O–H groups in total. The maximum Gasteiger partial charge on any atom is 0.314 e. The largest absolute Gasteiger partial charge is 0.505 e. The Morgan fingerprint density at radius 1 is 1.47 bits per heavy atom. The van der Waals surface area contributed by atoms with Gasteiger partial charge in [0.05, 0.1) is 12.5 Å². The molecule has 1 aliphatic carbocycles. The van der Waals surface area contributed by atoms with E-state index in [-0.39, 0.29) is 11.3 Å². The van der Waals surface area contributed by atoms with Gasteiger partial charge in [-0.2, -0.15) is 0 Å². The Balaban J connectivity index is 2.57. The second-order valence-electron chi connectivity index (χ2n) is 4.25. The molecular weight excluding hydrogens is 227 g/mol. The van der Waals surface area contributed by atoms with Crippen LogP contribution in [0.1, 0.15) is 24.8 Å². The molecule has 0 heterocycles. The van der Waals surface area contributed by atoms with Crippen molar-refractivity contribution in [1.82, 2.24) is 0 Å². The molecule has 92 valence electrons. The second kappa shape index (κ2) is 3.91. The van der Waals surface area contributed by atoms with E-state index in [0.717, 1.165) is 12.5 Å². The van der Waals surface area contributed by atoms with Crippen molar-refractivity contribution in [2.75, 3.05) is 7.11 Å². The van der Waals surface area contributed by atoms with Crippen LogP contribution in [0.2, 0.25) is 0 Å². The van der Waals surface area contributed by atoms with Crippen LogP contribution < -0.4 is 4.74 Å². The lowest BCUT2D eigenvalue weighted by molar-refractivity contribution is -0.147. The third-order valence-electron chi connectivity index (χ3n) is 3.39. The molecule has 0 spiro atoms. The summed E-state index contributed by atoms with van der Waals surface area (Å²) in [7, 11) is 1.38. The summed E-state index contributed by atoms with van der Waals surface area (Å²) in [5.41, 5.74) is -1.20. The lowest BCUT2D eigenvalue weighted by Crippen LogP contribution is -2.43. The zero-order chi connectivity index (χ0) is 12.6. The predicted molar refractivity (Wildman–Crippen MR) is 57.8 cm³/mol. The number of ether oxygens (including phenoxy) is 1. The molecule has 0 radical (unpaired) electrons. The summed E-state index contributed by atoms with van der Waals surface area (Å²) in [6.45, 7) is 0. The predicted octanol–water partition coefficient (Wildman–Crippen LogP) is 2.05. The van der Waals surface area contributed by atoms with Crippen LogP contribution in [0.15, 0.2) is 12.1 Å². The zero-order valence-electron chi connectivity index (χ0n) is 9.36. The number of methoxy groups -OCH3 is 1. The molecule has 1 saturated carbocycles. The first-order chi connectivity index (χ1) is 8.01. The van der Waals surface area contributed by atoms with Crippen LogP contribution in [0.5, 0.6) is 11.5 Å². The van der Waals surface area contributed by atoms with Gasteiger partial charge in [0.15, 0.2) is 11.6 Å². The lowest BCUT2D eigenvalue weighted by atomic mass is 9.64.